The third-order valence-electron chi connectivity index (χ3n) is 3.17. The van der Waals surface area contributed by atoms with Crippen molar-refractivity contribution in [3.05, 3.63) is 34.6 Å². The average molecular weight is 273 g/mol. The third kappa shape index (κ3) is 3.42. The van der Waals surface area contributed by atoms with Crippen LogP contribution in [0.15, 0.2) is 18.2 Å². The van der Waals surface area contributed by atoms with Crippen LogP contribution in [-0.2, 0) is 11.3 Å². The van der Waals surface area contributed by atoms with Gasteiger partial charge in [0.25, 0.3) is 0 Å². The molecule has 1 aliphatic heterocycles. The Morgan fingerprint density at radius 1 is 1.61 bits per heavy atom. The van der Waals surface area contributed by atoms with Gasteiger partial charge in [0, 0.05) is 36.3 Å². The largest absolute Gasteiger partial charge is 0.374 e. The van der Waals surface area contributed by atoms with Crippen molar-refractivity contribution in [2.45, 2.75) is 25.6 Å². The van der Waals surface area contributed by atoms with E-state index in [1.165, 1.54) is 6.07 Å². The van der Waals surface area contributed by atoms with Crippen molar-refractivity contribution in [3.8, 4) is 0 Å². The van der Waals surface area contributed by atoms with Gasteiger partial charge < -0.3 is 10.5 Å². The standard InChI is InChI=1S/C13H18ClFN2O/c1-9(16)13-8-17(4-5-18-13)7-10-2-3-11(14)6-12(10)15/h2-3,6,9,13H,4-5,7-8,16H2,1H3. The van der Waals surface area contributed by atoms with Gasteiger partial charge in [-0.25, -0.2) is 4.39 Å². The Hall–Kier alpha value is -0.680. The van der Waals surface area contributed by atoms with Crippen molar-refractivity contribution < 1.29 is 9.13 Å². The lowest BCUT2D eigenvalue weighted by Crippen LogP contribution is -2.49. The zero-order valence-electron chi connectivity index (χ0n) is 10.4. The van der Waals surface area contributed by atoms with Crippen molar-refractivity contribution in [2.24, 2.45) is 5.73 Å². The van der Waals surface area contributed by atoms with E-state index in [0.717, 1.165) is 13.1 Å². The van der Waals surface area contributed by atoms with Crippen molar-refractivity contribution in [1.82, 2.24) is 4.90 Å². The maximum Gasteiger partial charge on any atom is 0.129 e. The monoisotopic (exact) mass is 272 g/mol. The number of halogens is 2. The van der Waals surface area contributed by atoms with Crippen LogP contribution in [0.5, 0.6) is 0 Å². The SMILES string of the molecule is CC(N)C1CN(Cc2ccc(Cl)cc2F)CCO1. The number of ether oxygens (including phenoxy) is 1. The maximum absolute atomic E-state index is 13.7. The van der Waals surface area contributed by atoms with Crippen LogP contribution in [0.2, 0.25) is 5.02 Å². The summed E-state index contributed by atoms with van der Waals surface area (Å²) in [6.07, 6.45) is 0.0223. The number of benzene rings is 1. The molecule has 2 unspecified atom stereocenters. The zero-order chi connectivity index (χ0) is 13.1. The summed E-state index contributed by atoms with van der Waals surface area (Å²) in [5.74, 6) is -0.258. The Morgan fingerprint density at radius 3 is 3.06 bits per heavy atom. The summed E-state index contributed by atoms with van der Waals surface area (Å²) in [5, 5.41) is 0.423. The number of nitrogens with zero attached hydrogens (tertiary/aromatic N) is 1. The first kappa shape index (κ1) is 13.7. The van der Waals surface area contributed by atoms with Gasteiger partial charge in [-0.2, -0.15) is 0 Å². The molecule has 0 bridgehead atoms. The first-order valence-corrected chi connectivity index (χ1v) is 6.47. The molecule has 1 aromatic rings. The molecule has 0 radical (unpaired) electrons. The first-order chi connectivity index (χ1) is 8.56. The summed E-state index contributed by atoms with van der Waals surface area (Å²) in [5.41, 5.74) is 6.49. The fourth-order valence-corrected chi connectivity index (χ4v) is 2.24. The molecule has 1 aromatic carbocycles. The minimum Gasteiger partial charge on any atom is -0.374 e. The highest BCUT2D eigenvalue weighted by atomic mass is 35.5. The second kappa shape index (κ2) is 5.97. The van der Waals surface area contributed by atoms with E-state index in [4.69, 9.17) is 22.1 Å². The lowest BCUT2D eigenvalue weighted by molar-refractivity contribution is -0.0406. The zero-order valence-corrected chi connectivity index (χ0v) is 11.2. The molecule has 100 valence electrons. The molecule has 1 saturated heterocycles. The van der Waals surface area contributed by atoms with Crippen LogP contribution in [0.1, 0.15) is 12.5 Å². The molecule has 1 aliphatic rings. The lowest BCUT2D eigenvalue weighted by atomic mass is 10.1. The highest BCUT2D eigenvalue weighted by molar-refractivity contribution is 6.30. The van der Waals surface area contributed by atoms with Crippen LogP contribution in [0.25, 0.3) is 0 Å². The molecule has 18 heavy (non-hydrogen) atoms. The maximum atomic E-state index is 13.7. The third-order valence-corrected chi connectivity index (χ3v) is 3.41. The van der Waals surface area contributed by atoms with E-state index in [1.807, 2.05) is 6.92 Å². The second-order valence-corrected chi connectivity index (χ2v) is 5.18. The molecule has 0 aromatic heterocycles. The Balaban J connectivity index is 2.00. The molecule has 5 heteroatoms. The van der Waals surface area contributed by atoms with Crippen LogP contribution in [0.3, 0.4) is 0 Å². The molecule has 0 aliphatic carbocycles. The Bertz CT molecular complexity index is 414. The molecule has 0 saturated carbocycles. The molecule has 1 heterocycles. The van der Waals surface area contributed by atoms with Crippen LogP contribution >= 0.6 is 11.6 Å². The Morgan fingerprint density at radius 2 is 2.39 bits per heavy atom. The topological polar surface area (TPSA) is 38.5 Å². The fraction of sp³-hybridized carbons (Fsp3) is 0.538. The molecule has 2 N–H and O–H groups in total. The van der Waals surface area contributed by atoms with Crippen LogP contribution in [-0.4, -0.2) is 36.7 Å². The predicted octanol–water partition coefficient (Wildman–Crippen LogP) is 2.03. The molecule has 2 atom stereocenters. The molecule has 1 fully saturated rings. The summed E-state index contributed by atoms with van der Waals surface area (Å²) in [7, 11) is 0. The van der Waals surface area contributed by atoms with Gasteiger partial charge in [0.2, 0.25) is 0 Å². The molecule has 0 amide bonds. The average Bonchev–Trinajstić information content (AvgIpc) is 2.33. The molecule has 2 rings (SSSR count). The van der Waals surface area contributed by atoms with Crippen molar-refractivity contribution in [3.63, 3.8) is 0 Å². The van der Waals surface area contributed by atoms with Gasteiger partial charge in [-0.05, 0) is 19.1 Å². The quantitative estimate of drug-likeness (QED) is 0.915. The van der Waals surface area contributed by atoms with Crippen LogP contribution in [0, 0.1) is 5.82 Å². The van der Waals surface area contributed by atoms with Gasteiger partial charge in [-0.3, -0.25) is 4.90 Å². The highest BCUT2D eigenvalue weighted by Crippen LogP contribution is 2.18. The van der Waals surface area contributed by atoms with Gasteiger partial charge in [-0.15, -0.1) is 0 Å². The normalized spacial score (nSPS) is 23.0. The Labute approximate surface area is 112 Å². The highest BCUT2D eigenvalue weighted by Gasteiger charge is 2.23. The van der Waals surface area contributed by atoms with E-state index in [1.54, 1.807) is 12.1 Å². The number of nitrogens with two attached hydrogens (primary N) is 1. The summed E-state index contributed by atoms with van der Waals surface area (Å²) in [6, 6.07) is 4.78. The van der Waals surface area contributed by atoms with E-state index in [-0.39, 0.29) is 18.0 Å². The van der Waals surface area contributed by atoms with Gasteiger partial charge in [-0.1, -0.05) is 17.7 Å². The molecular weight excluding hydrogens is 255 g/mol. The minimum absolute atomic E-state index is 0.0112. The van der Waals surface area contributed by atoms with Crippen molar-refractivity contribution in [2.75, 3.05) is 19.7 Å². The lowest BCUT2D eigenvalue weighted by Gasteiger charge is -2.34. The number of morpholine rings is 1. The van der Waals surface area contributed by atoms with Gasteiger partial charge >= 0.3 is 0 Å². The fourth-order valence-electron chi connectivity index (χ4n) is 2.08. The molecule has 0 spiro atoms. The smallest absolute Gasteiger partial charge is 0.129 e. The minimum atomic E-state index is -0.258. The van der Waals surface area contributed by atoms with E-state index >= 15 is 0 Å². The number of rotatable bonds is 3. The number of hydrogen-bond donors (Lipinski definition) is 1. The van der Waals surface area contributed by atoms with E-state index in [0.29, 0.717) is 23.7 Å². The summed E-state index contributed by atoms with van der Waals surface area (Å²) in [4.78, 5) is 2.16. The van der Waals surface area contributed by atoms with E-state index in [2.05, 4.69) is 4.90 Å². The van der Waals surface area contributed by atoms with Crippen molar-refractivity contribution >= 4 is 11.6 Å². The summed E-state index contributed by atoms with van der Waals surface area (Å²) < 4.78 is 19.3. The number of hydrogen-bond acceptors (Lipinski definition) is 3. The van der Waals surface area contributed by atoms with Crippen LogP contribution in [0.4, 0.5) is 4.39 Å². The molecule has 3 nitrogen and oxygen atoms in total. The first-order valence-electron chi connectivity index (χ1n) is 6.09. The van der Waals surface area contributed by atoms with E-state index in [9.17, 15) is 4.39 Å². The predicted molar refractivity (Wildman–Crippen MR) is 70.1 cm³/mol. The summed E-state index contributed by atoms with van der Waals surface area (Å²) in [6.45, 7) is 4.67. The van der Waals surface area contributed by atoms with Gasteiger partial charge in [0.1, 0.15) is 5.82 Å². The summed E-state index contributed by atoms with van der Waals surface area (Å²) >= 11 is 5.73. The van der Waals surface area contributed by atoms with E-state index < -0.39 is 0 Å². The Kier molecular flexibility index (Phi) is 4.56. The molecular formula is C13H18ClFN2O. The second-order valence-electron chi connectivity index (χ2n) is 4.74. The van der Waals surface area contributed by atoms with Gasteiger partial charge in [0.15, 0.2) is 0 Å². The van der Waals surface area contributed by atoms with Gasteiger partial charge in [0.05, 0.1) is 12.7 Å². The van der Waals surface area contributed by atoms with Crippen LogP contribution < -0.4 is 5.73 Å². The van der Waals surface area contributed by atoms with Crippen molar-refractivity contribution in [1.29, 1.82) is 0 Å².